The highest BCUT2D eigenvalue weighted by Crippen LogP contribution is 2.26. The van der Waals surface area contributed by atoms with Gasteiger partial charge in [-0.1, -0.05) is 25.3 Å². The van der Waals surface area contributed by atoms with E-state index in [9.17, 15) is 4.79 Å². The molecule has 0 saturated heterocycles. The molecule has 0 bridgehead atoms. The number of ether oxygens (including phenoxy) is 1. The Morgan fingerprint density at radius 2 is 2.14 bits per heavy atom. The van der Waals surface area contributed by atoms with Gasteiger partial charge in [-0.15, -0.1) is 0 Å². The number of benzene rings is 1. The number of hydrogen-bond donors (Lipinski definition) is 2. The quantitative estimate of drug-likeness (QED) is 0.757. The molecule has 116 valence electrons. The van der Waals surface area contributed by atoms with Gasteiger partial charge in [0.1, 0.15) is 12.4 Å². The lowest BCUT2D eigenvalue weighted by atomic mass is 9.84. The summed E-state index contributed by atoms with van der Waals surface area (Å²) in [5, 5.41) is 12.4. The van der Waals surface area contributed by atoms with Gasteiger partial charge in [0.25, 0.3) is 0 Å². The smallest absolute Gasteiger partial charge is 0.335 e. The van der Waals surface area contributed by atoms with Crippen molar-refractivity contribution in [2.75, 3.05) is 13.2 Å². The topological polar surface area (TPSA) is 58.6 Å². The van der Waals surface area contributed by atoms with E-state index in [1.54, 1.807) is 24.3 Å². The molecule has 0 aromatic heterocycles. The maximum Gasteiger partial charge on any atom is 0.335 e. The van der Waals surface area contributed by atoms with Crippen LogP contribution in [0.2, 0.25) is 0 Å². The molecule has 4 nitrogen and oxygen atoms in total. The molecule has 0 amide bonds. The van der Waals surface area contributed by atoms with Crippen LogP contribution in [-0.4, -0.2) is 30.3 Å². The van der Waals surface area contributed by atoms with E-state index in [2.05, 4.69) is 12.2 Å². The second kappa shape index (κ2) is 8.03. The first-order chi connectivity index (χ1) is 10.2. The second-order valence-electron chi connectivity index (χ2n) is 5.82. The van der Waals surface area contributed by atoms with Gasteiger partial charge in [-0.05, 0) is 43.9 Å². The van der Waals surface area contributed by atoms with E-state index in [-0.39, 0.29) is 5.56 Å². The van der Waals surface area contributed by atoms with Gasteiger partial charge < -0.3 is 15.2 Å². The highest BCUT2D eigenvalue weighted by Gasteiger charge is 2.19. The maximum absolute atomic E-state index is 10.9. The number of hydrogen-bond acceptors (Lipinski definition) is 3. The molecule has 1 saturated carbocycles. The summed E-state index contributed by atoms with van der Waals surface area (Å²) in [6.07, 6.45) is 6.75. The van der Waals surface area contributed by atoms with Crippen LogP contribution in [0.4, 0.5) is 0 Å². The monoisotopic (exact) mass is 291 g/mol. The summed E-state index contributed by atoms with van der Waals surface area (Å²) >= 11 is 0. The van der Waals surface area contributed by atoms with Crippen LogP contribution in [0.15, 0.2) is 24.3 Å². The molecule has 2 N–H and O–H groups in total. The molecule has 0 aliphatic heterocycles. The summed E-state index contributed by atoms with van der Waals surface area (Å²) in [6, 6.07) is 7.15. The molecule has 0 radical (unpaired) electrons. The summed E-state index contributed by atoms with van der Waals surface area (Å²) in [7, 11) is 0. The van der Waals surface area contributed by atoms with Crippen molar-refractivity contribution >= 4 is 5.97 Å². The van der Waals surface area contributed by atoms with E-state index in [0.717, 1.165) is 12.5 Å². The van der Waals surface area contributed by atoms with Crippen LogP contribution in [0.25, 0.3) is 0 Å². The van der Waals surface area contributed by atoms with Crippen LogP contribution in [0.5, 0.6) is 5.75 Å². The first-order valence-corrected chi connectivity index (χ1v) is 7.86. The Bertz CT molecular complexity index is 455. The van der Waals surface area contributed by atoms with Crippen LogP contribution in [0, 0.1) is 5.92 Å². The Hall–Kier alpha value is -1.55. The van der Waals surface area contributed by atoms with Crippen LogP contribution >= 0.6 is 0 Å². The Morgan fingerprint density at radius 3 is 2.86 bits per heavy atom. The van der Waals surface area contributed by atoms with Crippen molar-refractivity contribution in [3.8, 4) is 5.75 Å². The molecule has 0 spiro atoms. The van der Waals surface area contributed by atoms with E-state index in [1.807, 2.05) is 0 Å². The van der Waals surface area contributed by atoms with Crippen LogP contribution in [0.3, 0.4) is 0 Å². The van der Waals surface area contributed by atoms with Crippen molar-refractivity contribution in [2.45, 2.75) is 45.1 Å². The lowest BCUT2D eigenvalue weighted by Gasteiger charge is -2.28. The molecule has 2 rings (SSSR count). The molecule has 1 aromatic rings. The van der Waals surface area contributed by atoms with Gasteiger partial charge in [-0.2, -0.15) is 0 Å². The third kappa shape index (κ3) is 5.05. The molecule has 1 aromatic carbocycles. The van der Waals surface area contributed by atoms with Crippen LogP contribution in [0.1, 0.15) is 49.4 Å². The molecule has 4 heteroatoms. The third-order valence-electron chi connectivity index (χ3n) is 4.28. The fraction of sp³-hybridized carbons (Fsp3) is 0.588. The molecule has 21 heavy (non-hydrogen) atoms. The average Bonchev–Trinajstić information content (AvgIpc) is 2.52. The van der Waals surface area contributed by atoms with Gasteiger partial charge in [0.05, 0.1) is 5.56 Å². The van der Waals surface area contributed by atoms with Gasteiger partial charge in [0, 0.05) is 12.6 Å². The number of aromatic carboxylic acids is 1. The molecule has 1 unspecified atom stereocenters. The van der Waals surface area contributed by atoms with Crippen molar-refractivity contribution in [1.82, 2.24) is 5.32 Å². The number of rotatable bonds is 7. The number of carbonyl (C=O) groups is 1. The zero-order chi connectivity index (χ0) is 15.1. The SMILES string of the molecule is CC(NCCOc1cccc(C(=O)O)c1)C1CCCCC1. The van der Waals surface area contributed by atoms with Gasteiger partial charge in [-0.25, -0.2) is 4.79 Å². The second-order valence-corrected chi connectivity index (χ2v) is 5.82. The fourth-order valence-corrected chi connectivity index (χ4v) is 2.98. The standard InChI is InChI=1S/C17H25NO3/c1-13(14-6-3-2-4-7-14)18-10-11-21-16-9-5-8-15(12-16)17(19)20/h5,8-9,12-14,18H,2-4,6-7,10-11H2,1H3,(H,19,20). The Balaban J connectivity index is 1.69. The molecule has 1 aliphatic rings. The van der Waals surface area contributed by atoms with Crippen molar-refractivity contribution in [3.63, 3.8) is 0 Å². The lowest BCUT2D eigenvalue weighted by molar-refractivity contribution is 0.0696. The fourth-order valence-electron chi connectivity index (χ4n) is 2.98. The Labute approximate surface area is 126 Å². The minimum atomic E-state index is -0.926. The lowest BCUT2D eigenvalue weighted by Crippen LogP contribution is -2.37. The molecule has 1 atom stereocenters. The van der Waals surface area contributed by atoms with Crippen molar-refractivity contribution < 1.29 is 14.6 Å². The van der Waals surface area contributed by atoms with Crippen molar-refractivity contribution in [1.29, 1.82) is 0 Å². The van der Waals surface area contributed by atoms with Crippen molar-refractivity contribution in [3.05, 3.63) is 29.8 Å². The summed E-state index contributed by atoms with van der Waals surface area (Å²) in [5.41, 5.74) is 0.260. The first kappa shape index (κ1) is 15.8. The largest absolute Gasteiger partial charge is 0.492 e. The molecule has 1 aliphatic carbocycles. The minimum absolute atomic E-state index is 0.260. The molecular formula is C17H25NO3. The Morgan fingerprint density at radius 1 is 1.38 bits per heavy atom. The summed E-state index contributed by atoms with van der Waals surface area (Å²) < 4.78 is 5.61. The van der Waals surface area contributed by atoms with E-state index in [1.165, 1.54) is 32.1 Å². The van der Waals surface area contributed by atoms with E-state index < -0.39 is 5.97 Å². The molecule has 1 fully saturated rings. The third-order valence-corrected chi connectivity index (χ3v) is 4.28. The zero-order valence-corrected chi connectivity index (χ0v) is 12.7. The summed E-state index contributed by atoms with van der Waals surface area (Å²) in [6.45, 7) is 3.59. The van der Waals surface area contributed by atoms with Gasteiger partial charge in [-0.3, -0.25) is 0 Å². The highest BCUT2D eigenvalue weighted by atomic mass is 16.5. The van der Waals surface area contributed by atoms with Gasteiger partial charge >= 0.3 is 5.97 Å². The number of carboxylic acids is 1. The highest BCUT2D eigenvalue weighted by molar-refractivity contribution is 5.87. The zero-order valence-electron chi connectivity index (χ0n) is 12.7. The van der Waals surface area contributed by atoms with E-state index in [4.69, 9.17) is 9.84 Å². The first-order valence-electron chi connectivity index (χ1n) is 7.86. The summed E-state index contributed by atoms with van der Waals surface area (Å²) in [4.78, 5) is 10.9. The summed E-state index contributed by atoms with van der Waals surface area (Å²) in [5.74, 6) is 0.473. The maximum atomic E-state index is 10.9. The van der Waals surface area contributed by atoms with Crippen LogP contribution < -0.4 is 10.1 Å². The van der Waals surface area contributed by atoms with Gasteiger partial charge in [0.15, 0.2) is 0 Å². The van der Waals surface area contributed by atoms with Crippen LogP contribution in [-0.2, 0) is 0 Å². The molecular weight excluding hydrogens is 266 g/mol. The number of nitrogens with one attached hydrogen (secondary N) is 1. The average molecular weight is 291 g/mol. The normalized spacial score (nSPS) is 17.4. The van der Waals surface area contributed by atoms with Gasteiger partial charge in [0.2, 0.25) is 0 Å². The minimum Gasteiger partial charge on any atom is -0.492 e. The molecule has 0 heterocycles. The number of carboxylic acid groups (broad SMARTS) is 1. The van der Waals surface area contributed by atoms with Crippen molar-refractivity contribution in [2.24, 2.45) is 5.92 Å². The predicted molar refractivity (Wildman–Crippen MR) is 82.9 cm³/mol. The predicted octanol–water partition coefficient (Wildman–Crippen LogP) is 3.32. The van der Waals surface area contributed by atoms with E-state index in [0.29, 0.717) is 18.4 Å². The van der Waals surface area contributed by atoms with E-state index >= 15 is 0 Å². The Kier molecular flexibility index (Phi) is 6.05.